The van der Waals surface area contributed by atoms with Crippen LogP contribution in [0.3, 0.4) is 0 Å². The summed E-state index contributed by atoms with van der Waals surface area (Å²) in [6, 6.07) is 46.7. The average Bonchev–Trinajstić information content (AvgIpc) is 1.17. The number of hydrogen-bond donors (Lipinski definition) is 10. The molecule has 12 amide bonds. The number of anilines is 2. The zero-order valence-electron chi connectivity index (χ0n) is 72.2. The van der Waals surface area contributed by atoms with E-state index in [0.29, 0.717) is 70.3 Å². The number of aliphatic carboxylic acids is 1. The highest BCUT2D eigenvalue weighted by atomic mass is 32.2. The van der Waals surface area contributed by atoms with Crippen molar-refractivity contribution in [2.45, 2.75) is 123 Å². The van der Waals surface area contributed by atoms with Gasteiger partial charge in [0.1, 0.15) is 36.7 Å². The van der Waals surface area contributed by atoms with Crippen LogP contribution in [0.1, 0.15) is 94.0 Å². The van der Waals surface area contributed by atoms with Crippen LogP contribution in [0.2, 0.25) is 0 Å². The first-order chi connectivity index (χ1) is 62.8. The van der Waals surface area contributed by atoms with E-state index in [4.69, 9.17) is 24.2 Å². The van der Waals surface area contributed by atoms with Gasteiger partial charge in [-0.1, -0.05) is 138 Å². The van der Waals surface area contributed by atoms with Gasteiger partial charge in [-0.2, -0.15) is 0 Å². The van der Waals surface area contributed by atoms with E-state index in [1.54, 1.807) is 66.3 Å². The number of aromatic nitrogens is 4. The number of pyridine rings is 1. The maximum atomic E-state index is 14.1. The number of amides is 12. The van der Waals surface area contributed by atoms with Gasteiger partial charge >= 0.3 is 12.0 Å². The Bertz CT molecular complexity index is 5840. The number of benzene rings is 6. The summed E-state index contributed by atoms with van der Waals surface area (Å²) in [7, 11) is 3.16. The van der Waals surface area contributed by atoms with Gasteiger partial charge in [0.05, 0.1) is 79.1 Å². The summed E-state index contributed by atoms with van der Waals surface area (Å²) in [4.78, 5) is 196. The van der Waals surface area contributed by atoms with E-state index < -0.39 is 121 Å². The molecule has 9 aromatic rings. The lowest BCUT2D eigenvalue weighted by Gasteiger charge is -2.45. The molecule has 34 nitrogen and oxygen atoms in total. The molecule has 0 spiro atoms. The van der Waals surface area contributed by atoms with Crippen molar-refractivity contribution in [3.8, 4) is 28.7 Å². The third-order valence-corrected chi connectivity index (χ3v) is 25.5. The SMILES string of the molecule is COc1ccc(C#CCNC2(C)CCN(C3CCN(c4nc([C@@](COCNC(=O)CNC(=O)[C@H](Cc5ccccc5)NC(=O)CNC(=O)CNC(=O)CCN5C(=O)C(Sc6ccccc6)=C(Sc6ccccc6)C5=O)(OC5CC5)c5ccccc5)c5cc(-c6cn(C)c(=O)c7[nH]ccc67)ccc5n4)CC3)CC2)cc1N1CCC(=O)N(CNC(=O)[C@H](CC(=O)O)NC(C)=O)C1=O. The van der Waals surface area contributed by atoms with Crippen LogP contribution in [0.25, 0.3) is 32.9 Å². The number of rotatable bonds is 38. The Balaban J connectivity index is 0.599. The van der Waals surface area contributed by atoms with Gasteiger partial charge in [0, 0.05) is 128 Å². The Labute approximate surface area is 757 Å². The van der Waals surface area contributed by atoms with Crippen molar-refractivity contribution in [1.29, 1.82) is 0 Å². The molecule has 36 heteroatoms. The van der Waals surface area contributed by atoms with Gasteiger partial charge < -0.3 is 81.2 Å². The van der Waals surface area contributed by atoms with Crippen LogP contribution in [0.5, 0.6) is 5.75 Å². The van der Waals surface area contributed by atoms with Crippen LogP contribution in [0.15, 0.2) is 201 Å². The number of likely N-dealkylation sites (tertiary alicyclic amines) is 1. The first kappa shape index (κ1) is 92.6. The third-order valence-electron chi connectivity index (χ3n) is 23.2. The number of H-pyrrole nitrogens is 1. The predicted molar refractivity (Wildman–Crippen MR) is 486 cm³/mol. The van der Waals surface area contributed by atoms with Gasteiger partial charge in [-0.05, 0) is 123 Å². The van der Waals surface area contributed by atoms with E-state index >= 15 is 0 Å². The molecule has 3 aromatic heterocycles. The fourth-order valence-corrected chi connectivity index (χ4v) is 18.1. The average molecular weight is 1810 g/mol. The molecule has 5 aliphatic rings. The number of ether oxygens (including phenoxy) is 3. The Morgan fingerprint density at radius 2 is 1.31 bits per heavy atom. The predicted octanol–water partition coefficient (Wildman–Crippen LogP) is 6.31. The molecule has 14 rings (SSSR count). The van der Waals surface area contributed by atoms with Gasteiger partial charge in [0.25, 0.3) is 17.4 Å². The number of hydrogen-bond acceptors (Lipinski definition) is 23. The lowest BCUT2D eigenvalue weighted by Crippen LogP contribution is -2.57. The minimum Gasteiger partial charge on any atom is -0.495 e. The van der Waals surface area contributed by atoms with Crippen molar-refractivity contribution in [1.82, 2.24) is 76.8 Å². The van der Waals surface area contributed by atoms with Crippen LogP contribution in [0, 0.1) is 11.8 Å². The highest BCUT2D eigenvalue weighted by Crippen LogP contribution is 2.46. The number of thioether (sulfide) groups is 2. The zero-order chi connectivity index (χ0) is 91.6. The monoisotopic (exact) mass is 1800 g/mol. The van der Waals surface area contributed by atoms with Crippen LogP contribution >= 0.6 is 23.5 Å². The Hall–Kier alpha value is -13.6. The molecule has 130 heavy (non-hydrogen) atoms. The number of carbonyl (C=O) groups excluding carboxylic acids is 11. The van der Waals surface area contributed by atoms with Crippen LogP contribution in [0.4, 0.5) is 16.4 Å². The first-order valence-corrected chi connectivity index (χ1v) is 44.5. The second-order valence-corrected chi connectivity index (χ2v) is 34.6. The van der Waals surface area contributed by atoms with E-state index in [1.807, 2.05) is 121 Å². The molecule has 3 saturated heterocycles. The van der Waals surface area contributed by atoms with Crippen molar-refractivity contribution in [3.63, 3.8) is 0 Å². The number of aryl methyl sites for hydroxylation is 1. The molecule has 0 bridgehead atoms. The normalized spacial score (nSPS) is 16.3. The lowest BCUT2D eigenvalue weighted by molar-refractivity contribution is -0.141. The number of imide groups is 2. The molecule has 7 heterocycles. The highest BCUT2D eigenvalue weighted by molar-refractivity contribution is 8.08. The van der Waals surface area contributed by atoms with Crippen LogP contribution in [-0.4, -0.2) is 233 Å². The molecule has 3 atom stereocenters. The van der Waals surface area contributed by atoms with E-state index in [-0.39, 0.29) is 78.7 Å². The number of aromatic amines is 1. The number of fused-ring (bicyclic) bond motifs is 2. The van der Waals surface area contributed by atoms with Crippen LogP contribution in [-0.2, 0) is 81.3 Å². The summed E-state index contributed by atoms with van der Waals surface area (Å²) in [5.41, 5.74) is 3.65. The van der Waals surface area contributed by atoms with Crippen molar-refractivity contribution >= 4 is 128 Å². The molecular weight excluding hydrogens is 1700 g/mol. The van der Waals surface area contributed by atoms with E-state index in [2.05, 4.69) is 76.1 Å². The quantitative estimate of drug-likeness (QED) is 0.00877. The third kappa shape index (κ3) is 23.1. The number of urea groups is 1. The van der Waals surface area contributed by atoms with Gasteiger partial charge in [-0.25, -0.2) is 19.7 Å². The van der Waals surface area contributed by atoms with Gasteiger partial charge in [-0.3, -0.25) is 67.3 Å². The molecule has 0 radical (unpaired) electrons. The molecule has 1 aliphatic carbocycles. The zero-order valence-corrected chi connectivity index (χ0v) is 73.8. The molecule has 1 saturated carbocycles. The Morgan fingerprint density at radius 1 is 0.669 bits per heavy atom. The van der Waals surface area contributed by atoms with E-state index in [9.17, 15) is 67.4 Å². The van der Waals surface area contributed by atoms with Crippen molar-refractivity contribution in [2.24, 2.45) is 7.05 Å². The first-order valence-electron chi connectivity index (χ1n) is 42.9. The van der Waals surface area contributed by atoms with Gasteiger partial charge in [-0.15, -0.1) is 0 Å². The van der Waals surface area contributed by atoms with Gasteiger partial charge in [0.15, 0.2) is 5.60 Å². The highest BCUT2D eigenvalue weighted by Gasteiger charge is 2.46. The van der Waals surface area contributed by atoms with Crippen molar-refractivity contribution in [3.05, 3.63) is 219 Å². The summed E-state index contributed by atoms with van der Waals surface area (Å²) < 4.78 is 21.1. The molecule has 4 aliphatic heterocycles. The summed E-state index contributed by atoms with van der Waals surface area (Å²) in [6.07, 6.45) is 7.11. The number of nitrogens with one attached hydrogen (secondary N) is 9. The molecule has 6 aromatic carbocycles. The smallest absolute Gasteiger partial charge is 0.332 e. The largest absolute Gasteiger partial charge is 0.495 e. The summed E-state index contributed by atoms with van der Waals surface area (Å²) in [5.74, 6) is -0.651. The molecule has 0 unspecified atom stereocenters. The lowest BCUT2D eigenvalue weighted by atomic mass is 9.87. The maximum absolute atomic E-state index is 14.1. The topological polar surface area (TPSA) is 429 Å². The second-order valence-electron chi connectivity index (χ2n) is 32.4. The molecule has 10 N–H and O–H groups in total. The van der Waals surface area contributed by atoms with Gasteiger partial charge in [0.2, 0.25) is 53.2 Å². The van der Waals surface area contributed by atoms with Crippen molar-refractivity contribution in [2.75, 3.05) is 102 Å². The molecule has 676 valence electrons. The summed E-state index contributed by atoms with van der Waals surface area (Å²) >= 11 is 2.32. The number of piperidine rings is 2. The number of methoxy groups -OCH3 is 1. The number of carboxylic acids is 1. The minimum atomic E-state index is -1.43. The molecular formula is C94H101N17O17S2. The number of carboxylic acid groups (broad SMARTS) is 1. The van der Waals surface area contributed by atoms with Crippen molar-refractivity contribution < 1.29 is 76.9 Å². The fourth-order valence-electron chi connectivity index (χ4n) is 16.0. The molecule has 4 fully saturated rings. The minimum absolute atomic E-state index is 0.00850. The fraction of sp³-hybridized carbons (Fsp3) is 0.351. The standard InChI is InChI=1S/C94H101N17O17S2/c1-59(112)102-73(51-81(118)119)87(121)99-57-111-80(117)37-45-109(92(111)125)74-49-61(27-32-75(74)126-4)20-17-40-101-93(2)38-46-107(47-39-93)64-34-42-108(43-35-64)91-104-71-31-28-62(70-55-106(3)88(122)82-68(70)33-41-95-82)50-69(71)85(105-91)94(128-65-29-30-65,63-21-11-6-12-22-63)56-127-58-100-78(115)53-98-86(120)72(48-60-18-9-5-10-19-60)103-79(116)54-97-77(114)52-96-76(113)36-44-110-89(123)83(129-66-23-13-7-14-24-66)84(90(110)124)130-67-25-15-8-16-26-67/h5-16,18-19,21-28,31-33,41,49-50,55,64-65,72-73,95,101H,29-30,34-40,42-48,51-54,56-58H2,1-4H3,(H,96,113)(H,97,114)(H,98,120)(H,99,121)(H,100,115)(H,102,112)(H,103,116)(H,118,119)/t72-,73-,94-/m0/s1. The summed E-state index contributed by atoms with van der Waals surface area (Å²) in [6.45, 7) is 3.68. The number of carbonyl (C=O) groups is 12. The maximum Gasteiger partial charge on any atom is 0.332 e. The summed E-state index contributed by atoms with van der Waals surface area (Å²) in [5, 5.41) is 32.1. The Kier molecular flexibility index (Phi) is 30.3. The van der Waals surface area contributed by atoms with E-state index in [0.717, 1.165) is 124 Å². The Morgan fingerprint density at radius 3 is 1.97 bits per heavy atom. The second kappa shape index (κ2) is 42.6. The van der Waals surface area contributed by atoms with Crippen LogP contribution < -0.4 is 62.6 Å². The van der Waals surface area contributed by atoms with E-state index in [1.165, 1.54) is 12.0 Å². The number of nitrogens with zero attached hydrogens (tertiary/aromatic N) is 8.